The SMILES string of the molecule is Cc1c(C(=O)N2C[C@H]3CNC[C@H]3C2)nnn1-c1cccc2ncccc12.Cl.Cl. The van der Waals surface area contributed by atoms with Gasteiger partial charge >= 0.3 is 0 Å². The van der Waals surface area contributed by atoms with Crippen LogP contribution in [0.5, 0.6) is 0 Å². The molecule has 148 valence electrons. The molecule has 0 spiro atoms. The van der Waals surface area contributed by atoms with Crippen LogP contribution in [0.25, 0.3) is 16.6 Å². The normalized spacial score (nSPS) is 20.5. The van der Waals surface area contributed by atoms with Crippen LogP contribution in [0.3, 0.4) is 0 Å². The summed E-state index contributed by atoms with van der Waals surface area (Å²) in [5.74, 6) is 1.12. The topological polar surface area (TPSA) is 75.9 Å². The molecule has 1 N–H and O–H groups in total. The number of halogens is 2. The number of pyridine rings is 1. The zero-order chi connectivity index (χ0) is 17.7. The second-order valence-electron chi connectivity index (χ2n) is 7.17. The number of nitrogens with zero attached hydrogens (tertiary/aromatic N) is 5. The molecule has 2 aliphatic rings. The summed E-state index contributed by atoms with van der Waals surface area (Å²) in [6.07, 6.45) is 1.77. The van der Waals surface area contributed by atoms with Gasteiger partial charge in [0, 0.05) is 37.8 Å². The minimum atomic E-state index is -0.0125. The molecular weight excluding hydrogens is 399 g/mol. The van der Waals surface area contributed by atoms with Crippen molar-refractivity contribution in [2.24, 2.45) is 11.8 Å². The summed E-state index contributed by atoms with van der Waals surface area (Å²) in [5.41, 5.74) is 3.00. The first-order chi connectivity index (χ1) is 12.7. The summed E-state index contributed by atoms with van der Waals surface area (Å²) in [4.78, 5) is 19.3. The van der Waals surface area contributed by atoms with Gasteiger partial charge in [-0.15, -0.1) is 29.9 Å². The van der Waals surface area contributed by atoms with E-state index in [1.807, 2.05) is 42.2 Å². The van der Waals surface area contributed by atoms with E-state index in [1.165, 1.54) is 0 Å². The van der Waals surface area contributed by atoms with Crippen molar-refractivity contribution in [1.82, 2.24) is 30.2 Å². The molecule has 0 aliphatic carbocycles. The van der Waals surface area contributed by atoms with Crippen LogP contribution in [0.15, 0.2) is 36.5 Å². The van der Waals surface area contributed by atoms with E-state index in [9.17, 15) is 4.79 Å². The van der Waals surface area contributed by atoms with E-state index in [1.54, 1.807) is 10.9 Å². The molecule has 28 heavy (non-hydrogen) atoms. The van der Waals surface area contributed by atoms with Gasteiger partial charge < -0.3 is 10.2 Å². The average Bonchev–Trinajstić information content (AvgIpc) is 3.35. The van der Waals surface area contributed by atoms with Gasteiger partial charge in [-0.2, -0.15) is 0 Å². The van der Waals surface area contributed by atoms with Gasteiger partial charge in [0.1, 0.15) is 0 Å². The molecule has 2 aliphatic heterocycles. The van der Waals surface area contributed by atoms with E-state index in [0.29, 0.717) is 17.5 Å². The molecule has 7 nitrogen and oxygen atoms in total. The van der Waals surface area contributed by atoms with Crippen molar-refractivity contribution in [1.29, 1.82) is 0 Å². The van der Waals surface area contributed by atoms with Gasteiger partial charge in [-0.05, 0) is 43.0 Å². The van der Waals surface area contributed by atoms with Crippen LogP contribution >= 0.6 is 24.8 Å². The molecular formula is C19H22Cl2N6O. The number of hydrogen-bond donors (Lipinski definition) is 1. The molecule has 3 aromatic rings. The number of aromatic nitrogens is 4. The van der Waals surface area contributed by atoms with Crippen LogP contribution in [0, 0.1) is 18.8 Å². The fraction of sp³-hybridized carbons (Fsp3) is 0.368. The second-order valence-corrected chi connectivity index (χ2v) is 7.17. The highest BCUT2D eigenvalue weighted by Gasteiger charge is 2.39. The van der Waals surface area contributed by atoms with Gasteiger partial charge in [0.15, 0.2) is 5.69 Å². The second kappa shape index (κ2) is 8.03. The first-order valence-electron chi connectivity index (χ1n) is 8.99. The predicted molar refractivity (Wildman–Crippen MR) is 112 cm³/mol. The molecule has 2 aromatic heterocycles. The lowest BCUT2D eigenvalue weighted by Gasteiger charge is -2.16. The molecule has 0 radical (unpaired) electrons. The monoisotopic (exact) mass is 420 g/mol. The lowest BCUT2D eigenvalue weighted by molar-refractivity contribution is 0.0775. The zero-order valence-corrected chi connectivity index (χ0v) is 17.0. The minimum Gasteiger partial charge on any atom is -0.337 e. The highest BCUT2D eigenvalue weighted by molar-refractivity contribution is 5.94. The Balaban J connectivity index is 0.00000112. The van der Waals surface area contributed by atoms with Crippen LogP contribution in [0.2, 0.25) is 0 Å². The van der Waals surface area contributed by atoms with Crippen molar-refractivity contribution >= 4 is 41.6 Å². The summed E-state index contributed by atoms with van der Waals surface area (Å²) in [6.45, 7) is 5.52. The fourth-order valence-electron chi connectivity index (χ4n) is 4.20. The maximum atomic E-state index is 13.0. The van der Waals surface area contributed by atoms with Crippen molar-refractivity contribution in [2.45, 2.75) is 6.92 Å². The van der Waals surface area contributed by atoms with Crippen LogP contribution in [-0.4, -0.2) is 57.0 Å². The number of benzene rings is 1. The van der Waals surface area contributed by atoms with Crippen LogP contribution in [0.4, 0.5) is 0 Å². The molecule has 9 heteroatoms. The average molecular weight is 421 g/mol. The van der Waals surface area contributed by atoms with Crippen molar-refractivity contribution in [2.75, 3.05) is 26.2 Å². The third-order valence-electron chi connectivity index (χ3n) is 5.62. The van der Waals surface area contributed by atoms with Gasteiger partial charge in [-0.3, -0.25) is 9.78 Å². The van der Waals surface area contributed by atoms with E-state index >= 15 is 0 Å². The summed E-state index contributed by atoms with van der Waals surface area (Å²) in [7, 11) is 0. The Bertz CT molecular complexity index is 990. The molecule has 0 unspecified atom stereocenters. The smallest absolute Gasteiger partial charge is 0.276 e. The zero-order valence-electron chi connectivity index (χ0n) is 15.4. The molecule has 0 bridgehead atoms. The fourth-order valence-corrected chi connectivity index (χ4v) is 4.20. The number of hydrogen-bond acceptors (Lipinski definition) is 5. The Morgan fingerprint density at radius 2 is 1.86 bits per heavy atom. The Hall–Kier alpha value is -2.22. The summed E-state index contributed by atoms with van der Waals surface area (Å²) in [6, 6.07) is 9.80. The van der Waals surface area contributed by atoms with Crippen LogP contribution in [-0.2, 0) is 0 Å². The van der Waals surface area contributed by atoms with E-state index < -0.39 is 0 Å². The number of amides is 1. The minimum absolute atomic E-state index is 0. The lowest BCUT2D eigenvalue weighted by Crippen LogP contribution is -2.32. The summed E-state index contributed by atoms with van der Waals surface area (Å²) >= 11 is 0. The first-order valence-corrected chi connectivity index (χ1v) is 8.99. The van der Waals surface area contributed by atoms with E-state index in [-0.39, 0.29) is 30.7 Å². The van der Waals surface area contributed by atoms with E-state index in [4.69, 9.17) is 0 Å². The number of rotatable bonds is 2. The third kappa shape index (κ3) is 3.23. The van der Waals surface area contributed by atoms with Gasteiger partial charge in [0.25, 0.3) is 5.91 Å². The van der Waals surface area contributed by atoms with E-state index in [0.717, 1.165) is 48.5 Å². The van der Waals surface area contributed by atoms with Gasteiger partial charge in [0.2, 0.25) is 0 Å². The number of carbonyl (C=O) groups excluding carboxylic acids is 1. The highest BCUT2D eigenvalue weighted by Crippen LogP contribution is 2.28. The maximum Gasteiger partial charge on any atom is 0.276 e. The summed E-state index contributed by atoms with van der Waals surface area (Å²) < 4.78 is 1.75. The Morgan fingerprint density at radius 1 is 1.11 bits per heavy atom. The number of nitrogens with one attached hydrogen (secondary N) is 1. The first kappa shape index (κ1) is 20.5. The van der Waals surface area contributed by atoms with Crippen molar-refractivity contribution in [3.8, 4) is 5.69 Å². The molecule has 2 saturated heterocycles. The largest absolute Gasteiger partial charge is 0.337 e. The molecule has 1 amide bonds. The number of carbonyl (C=O) groups is 1. The van der Waals surface area contributed by atoms with Gasteiger partial charge in [0.05, 0.1) is 16.9 Å². The Labute approximate surface area is 175 Å². The van der Waals surface area contributed by atoms with Crippen molar-refractivity contribution in [3.63, 3.8) is 0 Å². The van der Waals surface area contributed by atoms with Crippen LogP contribution < -0.4 is 5.32 Å². The van der Waals surface area contributed by atoms with Crippen molar-refractivity contribution < 1.29 is 4.79 Å². The predicted octanol–water partition coefficient (Wildman–Crippen LogP) is 2.26. The standard InChI is InChI=1S/C19H20N6O.2ClH/c1-12-18(19(26)24-10-13-8-20-9-14(13)11-24)22-23-25(12)17-6-2-5-16-15(17)4-3-7-21-16;;/h2-7,13-14,20H,8-11H2,1H3;2*1H/t13-,14+;;. The highest BCUT2D eigenvalue weighted by atomic mass is 35.5. The third-order valence-corrected chi connectivity index (χ3v) is 5.62. The van der Waals surface area contributed by atoms with E-state index in [2.05, 4.69) is 20.6 Å². The molecule has 2 fully saturated rings. The molecule has 4 heterocycles. The quantitative estimate of drug-likeness (QED) is 0.687. The lowest BCUT2D eigenvalue weighted by atomic mass is 10.0. The molecule has 1 aromatic carbocycles. The molecule has 2 atom stereocenters. The summed E-state index contributed by atoms with van der Waals surface area (Å²) in [5, 5.41) is 12.9. The molecule has 5 rings (SSSR count). The number of fused-ring (bicyclic) bond motifs is 2. The van der Waals surface area contributed by atoms with Crippen LogP contribution in [0.1, 0.15) is 16.2 Å². The number of likely N-dealkylation sites (tertiary alicyclic amines) is 1. The van der Waals surface area contributed by atoms with Gasteiger partial charge in [-0.25, -0.2) is 4.68 Å². The Kier molecular flexibility index (Phi) is 5.88. The molecule has 0 saturated carbocycles. The van der Waals surface area contributed by atoms with Crippen molar-refractivity contribution in [3.05, 3.63) is 47.9 Å². The van der Waals surface area contributed by atoms with Gasteiger partial charge in [-0.1, -0.05) is 11.3 Å². The maximum absolute atomic E-state index is 13.0. The Morgan fingerprint density at radius 3 is 2.61 bits per heavy atom.